The third-order valence-electron chi connectivity index (χ3n) is 5.17. The molecule has 26 heavy (non-hydrogen) atoms. The monoisotopic (exact) mass is 348 g/mol. The molecule has 6 heteroatoms. The molecule has 1 unspecified atom stereocenters. The Hall–Kier alpha value is -2.76. The molecule has 1 fully saturated rings. The van der Waals surface area contributed by atoms with Gasteiger partial charge in [0.15, 0.2) is 5.82 Å². The Morgan fingerprint density at radius 1 is 1.15 bits per heavy atom. The summed E-state index contributed by atoms with van der Waals surface area (Å²) in [5.41, 5.74) is 4.53. The van der Waals surface area contributed by atoms with Crippen molar-refractivity contribution >= 4 is 5.82 Å². The van der Waals surface area contributed by atoms with Crippen molar-refractivity contribution in [2.45, 2.75) is 26.7 Å². The highest BCUT2D eigenvalue weighted by atomic mass is 15.2. The van der Waals surface area contributed by atoms with Crippen molar-refractivity contribution in [3.05, 3.63) is 53.7 Å². The molecule has 0 N–H and O–H groups in total. The highest BCUT2D eigenvalue weighted by Crippen LogP contribution is 2.29. The van der Waals surface area contributed by atoms with E-state index in [1.54, 1.807) is 12.4 Å². The van der Waals surface area contributed by atoms with Gasteiger partial charge in [-0.15, -0.1) is 0 Å². The molecule has 0 saturated carbocycles. The largest absolute Gasteiger partial charge is 0.356 e. The topological polar surface area (TPSA) is 59.7 Å². The highest BCUT2D eigenvalue weighted by Gasteiger charge is 2.26. The molecular formula is C20H24N6. The first-order valence-electron chi connectivity index (χ1n) is 9.08. The molecule has 4 rings (SSSR count). The first-order chi connectivity index (χ1) is 12.6. The van der Waals surface area contributed by atoms with Crippen LogP contribution in [-0.2, 0) is 13.5 Å². The van der Waals surface area contributed by atoms with Crippen molar-refractivity contribution in [1.29, 1.82) is 0 Å². The van der Waals surface area contributed by atoms with E-state index in [9.17, 15) is 0 Å². The fourth-order valence-corrected chi connectivity index (χ4v) is 3.65. The summed E-state index contributed by atoms with van der Waals surface area (Å²) in [4.78, 5) is 16.1. The van der Waals surface area contributed by atoms with Crippen LogP contribution in [0, 0.1) is 19.8 Å². The van der Waals surface area contributed by atoms with E-state index in [-0.39, 0.29) is 0 Å². The Morgan fingerprint density at radius 2 is 1.96 bits per heavy atom. The van der Waals surface area contributed by atoms with Crippen molar-refractivity contribution in [3.8, 4) is 11.4 Å². The number of hydrogen-bond donors (Lipinski definition) is 0. The average molecular weight is 348 g/mol. The second kappa shape index (κ2) is 6.86. The maximum Gasteiger partial charge on any atom is 0.161 e. The number of pyridine rings is 1. The van der Waals surface area contributed by atoms with Crippen LogP contribution in [-0.4, -0.2) is 37.8 Å². The molecule has 0 radical (unpaired) electrons. The Morgan fingerprint density at radius 3 is 2.69 bits per heavy atom. The molecule has 1 saturated heterocycles. The summed E-state index contributed by atoms with van der Waals surface area (Å²) in [6.45, 7) is 6.25. The van der Waals surface area contributed by atoms with Gasteiger partial charge in [0.25, 0.3) is 0 Å². The van der Waals surface area contributed by atoms with Gasteiger partial charge in [0.05, 0.1) is 6.20 Å². The molecule has 6 nitrogen and oxygen atoms in total. The predicted octanol–water partition coefficient (Wildman–Crippen LogP) is 2.96. The van der Waals surface area contributed by atoms with Crippen LogP contribution in [0.2, 0.25) is 0 Å². The van der Waals surface area contributed by atoms with Crippen LogP contribution in [0.15, 0.2) is 36.9 Å². The van der Waals surface area contributed by atoms with E-state index < -0.39 is 0 Å². The van der Waals surface area contributed by atoms with Crippen molar-refractivity contribution in [2.24, 2.45) is 13.0 Å². The van der Waals surface area contributed by atoms with E-state index in [0.29, 0.717) is 5.92 Å². The van der Waals surface area contributed by atoms with Gasteiger partial charge in [0, 0.05) is 55.5 Å². The first kappa shape index (κ1) is 16.7. The van der Waals surface area contributed by atoms with Gasteiger partial charge < -0.3 is 4.90 Å². The van der Waals surface area contributed by atoms with Crippen molar-refractivity contribution in [1.82, 2.24) is 24.7 Å². The van der Waals surface area contributed by atoms with Gasteiger partial charge in [-0.2, -0.15) is 5.10 Å². The lowest BCUT2D eigenvalue weighted by molar-refractivity contribution is 0.585. The zero-order chi connectivity index (χ0) is 18.1. The third kappa shape index (κ3) is 3.31. The molecule has 4 heterocycles. The van der Waals surface area contributed by atoms with Gasteiger partial charge in [-0.1, -0.05) is 0 Å². The molecule has 1 atom stereocenters. The van der Waals surface area contributed by atoms with E-state index in [0.717, 1.165) is 42.4 Å². The molecule has 1 aliphatic rings. The van der Waals surface area contributed by atoms with Gasteiger partial charge in [-0.05, 0) is 50.3 Å². The summed E-state index contributed by atoms with van der Waals surface area (Å²) < 4.78 is 1.88. The fourth-order valence-electron chi connectivity index (χ4n) is 3.65. The molecule has 1 aliphatic heterocycles. The summed E-state index contributed by atoms with van der Waals surface area (Å²) in [6.07, 6.45) is 9.92. The maximum absolute atomic E-state index is 4.90. The lowest BCUT2D eigenvalue weighted by atomic mass is 10.0. The van der Waals surface area contributed by atoms with Crippen LogP contribution >= 0.6 is 0 Å². The van der Waals surface area contributed by atoms with Crippen LogP contribution in [0.3, 0.4) is 0 Å². The second-order valence-corrected chi connectivity index (χ2v) is 7.14. The molecule has 134 valence electrons. The van der Waals surface area contributed by atoms with Crippen LogP contribution in [0.25, 0.3) is 11.4 Å². The number of aryl methyl sites for hydroxylation is 2. The summed E-state index contributed by atoms with van der Waals surface area (Å²) in [6, 6.07) is 3.92. The molecule has 3 aromatic rings. The predicted molar refractivity (Wildman–Crippen MR) is 102 cm³/mol. The van der Waals surface area contributed by atoms with Gasteiger partial charge >= 0.3 is 0 Å². The van der Waals surface area contributed by atoms with Crippen LogP contribution < -0.4 is 4.90 Å². The summed E-state index contributed by atoms with van der Waals surface area (Å²) in [7, 11) is 1.97. The molecule has 0 amide bonds. The van der Waals surface area contributed by atoms with Crippen LogP contribution in [0.5, 0.6) is 0 Å². The SMILES string of the molecule is Cc1nc(-c2ccncc2)nc(N2CCC(Cc3cnn(C)c3)C2)c1C. The van der Waals surface area contributed by atoms with Crippen LogP contribution in [0.4, 0.5) is 5.82 Å². The number of nitrogens with zero attached hydrogens (tertiary/aromatic N) is 6. The minimum atomic E-state index is 0.637. The zero-order valence-corrected chi connectivity index (χ0v) is 15.6. The quantitative estimate of drug-likeness (QED) is 0.725. The zero-order valence-electron chi connectivity index (χ0n) is 15.6. The van der Waals surface area contributed by atoms with E-state index in [4.69, 9.17) is 4.98 Å². The smallest absolute Gasteiger partial charge is 0.161 e. The normalized spacial score (nSPS) is 17.0. The lowest BCUT2D eigenvalue weighted by Crippen LogP contribution is -2.23. The number of hydrogen-bond acceptors (Lipinski definition) is 5. The standard InChI is InChI=1S/C20H24N6/c1-14-15(2)23-19(18-4-7-21-8-5-18)24-20(14)26-9-6-16(13-26)10-17-11-22-25(3)12-17/h4-5,7-8,11-12,16H,6,9-10,13H2,1-3H3. The highest BCUT2D eigenvalue weighted by molar-refractivity contribution is 5.60. The van der Waals surface area contributed by atoms with E-state index in [2.05, 4.69) is 40.0 Å². The molecule has 0 aliphatic carbocycles. The van der Waals surface area contributed by atoms with E-state index >= 15 is 0 Å². The Balaban J connectivity index is 1.56. The molecular weight excluding hydrogens is 324 g/mol. The number of aromatic nitrogens is 5. The Labute approximate surface area is 153 Å². The van der Waals surface area contributed by atoms with Gasteiger partial charge in [-0.25, -0.2) is 9.97 Å². The first-order valence-corrected chi connectivity index (χ1v) is 9.08. The number of anilines is 1. The maximum atomic E-state index is 4.90. The van der Waals surface area contributed by atoms with E-state index in [1.807, 2.05) is 30.1 Å². The average Bonchev–Trinajstić information content (AvgIpc) is 3.27. The van der Waals surface area contributed by atoms with Gasteiger partial charge in [-0.3, -0.25) is 9.67 Å². The second-order valence-electron chi connectivity index (χ2n) is 7.14. The molecule has 0 aromatic carbocycles. The minimum absolute atomic E-state index is 0.637. The van der Waals surface area contributed by atoms with Crippen LogP contribution in [0.1, 0.15) is 23.2 Å². The van der Waals surface area contributed by atoms with Crippen molar-refractivity contribution in [3.63, 3.8) is 0 Å². The van der Waals surface area contributed by atoms with E-state index in [1.165, 1.54) is 17.5 Å². The molecule has 0 bridgehead atoms. The van der Waals surface area contributed by atoms with Crippen molar-refractivity contribution < 1.29 is 0 Å². The Kier molecular flexibility index (Phi) is 4.41. The number of rotatable bonds is 4. The molecule has 3 aromatic heterocycles. The summed E-state index contributed by atoms with van der Waals surface area (Å²) in [5, 5.41) is 4.28. The summed E-state index contributed by atoms with van der Waals surface area (Å²) >= 11 is 0. The molecule has 0 spiro atoms. The Bertz CT molecular complexity index is 902. The van der Waals surface area contributed by atoms with Gasteiger partial charge in [0.1, 0.15) is 5.82 Å². The fraction of sp³-hybridized carbons (Fsp3) is 0.400. The third-order valence-corrected chi connectivity index (χ3v) is 5.17. The van der Waals surface area contributed by atoms with Crippen molar-refractivity contribution in [2.75, 3.05) is 18.0 Å². The lowest BCUT2D eigenvalue weighted by Gasteiger charge is -2.21. The van der Waals surface area contributed by atoms with Gasteiger partial charge in [0.2, 0.25) is 0 Å². The summed E-state index contributed by atoms with van der Waals surface area (Å²) in [5.74, 6) is 2.48. The minimum Gasteiger partial charge on any atom is -0.356 e.